The molecule has 2 atom stereocenters. The number of methoxy groups -OCH3 is 1. The van der Waals surface area contributed by atoms with Crippen LogP contribution < -0.4 is 5.32 Å². The van der Waals surface area contributed by atoms with Crippen molar-refractivity contribution in [1.29, 1.82) is 0 Å². The number of ether oxygens (including phenoxy) is 2. The van der Waals surface area contributed by atoms with Crippen LogP contribution in [-0.4, -0.2) is 50.7 Å². The van der Waals surface area contributed by atoms with Gasteiger partial charge in [-0.1, -0.05) is 6.92 Å². The highest BCUT2D eigenvalue weighted by Crippen LogP contribution is 1.97. The molecule has 0 rings (SSSR count). The molecule has 0 aliphatic carbocycles. The third-order valence-electron chi connectivity index (χ3n) is 1.95. The molecule has 2 N–H and O–H groups in total. The molecule has 0 amide bonds. The van der Waals surface area contributed by atoms with Crippen LogP contribution in [0.1, 0.15) is 20.3 Å². The highest BCUT2D eigenvalue weighted by atomic mass is 16.5. The predicted octanol–water partition coefficient (Wildman–Crippen LogP) is 0.398. The number of likely N-dealkylation sites (N-methyl/N-ethyl adjacent to an activating group) is 1. The molecule has 0 heterocycles. The average molecular weight is 205 g/mol. The van der Waals surface area contributed by atoms with Crippen molar-refractivity contribution in [2.24, 2.45) is 0 Å². The van der Waals surface area contributed by atoms with Crippen LogP contribution in [0.15, 0.2) is 0 Å². The quantitative estimate of drug-likeness (QED) is 0.572. The Morgan fingerprint density at radius 3 is 2.57 bits per heavy atom. The van der Waals surface area contributed by atoms with Gasteiger partial charge in [0.1, 0.15) is 0 Å². The van der Waals surface area contributed by atoms with E-state index in [0.717, 1.165) is 13.0 Å². The van der Waals surface area contributed by atoms with Crippen LogP contribution in [-0.2, 0) is 9.47 Å². The van der Waals surface area contributed by atoms with Crippen LogP contribution in [0.2, 0.25) is 0 Å². The number of nitrogens with one attached hydrogen (secondary N) is 1. The van der Waals surface area contributed by atoms with Gasteiger partial charge < -0.3 is 19.9 Å². The van der Waals surface area contributed by atoms with Gasteiger partial charge in [-0.25, -0.2) is 0 Å². The molecule has 0 radical (unpaired) electrons. The smallest absolute Gasteiger partial charge is 0.0781 e. The zero-order valence-corrected chi connectivity index (χ0v) is 9.45. The van der Waals surface area contributed by atoms with Gasteiger partial charge in [-0.05, 0) is 19.9 Å². The van der Waals surface area contributed by atoms with Crippen LogP contribution in [0.25, 0.3) is 0 Å². The molecule has 0 saturated carbocycles. The van der Waals surface area contributed by atoms with Gasteiger partial charge in [-0.15, -0.1) is 0 Å². The number of hydrogen-bond donors (Lipinski definition) is 2. The van der Waals surface area contributed by atoms with Crippen LogP contribution in [0, 0.1) is 0 Å². The SMILES string of the molecule is CCNC(CCO)COC(C)COC. The fourth-order valence-corrected chi connectivity index (χ4v) is 1.25. The maximum absolute atomic E-state index is 8.81. The van der Waals surface area contributed by atoms with Gasteiger partial charge in [0, 0.05) is 19.8 Å². The fraction of sp³-hybridized carbons (Fsp3) is 1.00. The molecule has 0 aromatic heterocycles. The second kappa shape index (κ2) is 9.40. The van der Waals surface area contributed by atoms with Crippen molar-refractivity contribution in [2.45, 2.75) is 32.4 Å². The maximum atomic E-state index is 8.81. The Balaban J connectivity index is 3.57. The molecule has 0 aromatic carbocycles. The molecule has 2 unspecified atom stereocenters. The lowest BCUT2D eigenvalue weighted by Gasteiger charge is -2.19. The lowest BCUT2D eigenvalue weighted by atomic mass is 10.2. The second-order valence-electron chi connectivity index (χ2n) is 3.37. The van der Waals surface area contributed by atoms with Gasteiger partial charge in [-0.2, -0.15) is 0 Å². The first-order valence-corrected chi connectivity index (χ1v) is 5.19. The molecule has 0 bridgehead atoms. The van der Waals surface area contributed by atoms with E-state index in [4.69, 9.17) is 14.6 Å². The van der Waals surface area contributed by atoms with E-state index >= 15 is 0 Å². The Bertz CT molecular complexity index is 116. The number of aliphatic hydroxyl groups excluding tert-OH is 1. The van der Waals surface area contributed by atoms with Crippen molar-refractivity contribution in [3.8, 4) is 0 Å². The molecule has 0 aromatic rings. The van der Waals surface area contributed by atoms with Gasteiger partial charge in [0.05, 0.1) is 19.3 Å². The van der Waals surface area contributed by atoms with Crippen LogP contribution in [0.4, 0.5) is 0 Å². The Morgan fingerprint density at radius 1 is 1.36 bits per heavy atom. The third-order valence-corrected chi connectivity index (χ3v) is 1.95. The van der Waals surface area contributed by atoms with Gasteiger partial charge in [0.15, 0.2) is 0 Å². The second-order valence-corrected chi connectivity index (χ2v) is 3.37. The lowest BCUT2D eigenvalue weighted by Crippen LogP contribution is -2.35. The van der Waals surface area contributed by atoms with Crippen molar-refractivity contribution >= 4 is 0 Å². The molecule has 86 valence electrons. The zero-order chi connectivity index (χ0) is 10.8. The highest BCUT2D eigenvalue weighted by Gasteiger charge is 2.09. The normalized spacial score (nSPS) is 15.4. The molecule has 14 heavy (non-hydrogen) atoms. The first-order valence-electron chi connectivity index (χ1n) is 5.19. The van der Waals surface area contributed by atoms with Crippen molar-refractivity contribution in [3.05, 3.63) is 0 Å². The summed E-state index contributed by atoms with van der Waals surface area (Å²) in [5, 5.41) is 12.1. The third kappa shape index (κ3) is 7.26. The number of aliphatic hydroxyl groups is 1. The van der Waals surface area contributed by atoms with E-state index in [1.165, 1.54) is 0 Å². The molecule has 4 nitrogen and oxygen atoms in total. The highest BCUT2D eigenvalue weighted by molar-refractivity contribution is 4.65. The van der Waals surface area contributed by atoms with Crippen LogP contribution in [0.3, 0.4) is 0 Å². The van der Waals surface area contributed by atoms with Crippen LogP contribution in [0.5, 0.6) is 0 Å². The van der Waals surface area contributed by atoms with E-state index in [-0.39, 0.29) is 18.8 Å². The minimum absolute atomic E-state index is 0.111. The lowest BCUT2D eigenvalue weighted by molar-refractivity contribution is -0.00249. The van der Waals surface area contributed by atoms with E-state index in [1.54, 1.807) is 7.11 Å². The van der Waals surface area contributed by atoms with Crippen LogP contribution >= 0.6 is 0 Å². The molecular formula is C10H23NO3. The minimum atomic E-state index is 0.111. The average Bonchev–Trinajstić information content (AvgIpc) is 2.15. The molecule has 0 aliphatic heterocycles. The van der Waals surface area contributed by atoms with E-state index in [2.05, 4.69) is 5.32 Å². The fourth-order valence-electron chi connectivity index (χ4n) is 1.25. The zero-order valence-electron chi connectivity index (χ0n) is 9.45. The summed E-state index contributed by atoms with van der Waals surface area (Å²) in [6.07, 6.45) is 0.841. The summed E-state index contributed by atoms with van der Waals surface area (Å²) in [4.78, 5) is 0. The summed E-state index contributed by atoms with van der Waals surface area (Å²) in [5.41, 5.74) is 0. The van der Waals surface area contributed by atoms with E-state index in [0.29, 0.717) is 13.2 Å². The van der Waals surface area contributed by atoms with E-state index in [1.807, 2.05) is 13.8 Å². The van der Waals surface area contributed by atoms with Crippen molar-refractivity contribution in [1.82, 2.24) is 5.32 Å². The summed E-state index contributed by atoms with van der Waals surface area (Å²) in [5.74, 6) is 0. The summed E-state index contributed by atoms with van der Waals surface area (Å²) >= 11 is 0. The predicted molar refractivity (Wildman–Crippen MR) is 56.5 cm³/mol. The maximum Gasteiger partial charge on any atom is 0.0781 e. The molecule has 0 spiro atoms. The van der Waals surface area contributed by atoms with Gasteiger partial charge in [0.2, 0.25) is 0 Å². The topological polar surface area (TPSA) is 50.7 Å². The van der Waals surface area contributed by atoms with E-state index in [9.17, 15) is 0 Å². The van der Waals surface area contributed by atoms with Gasteiger partial charge >= 0.3 is 0 Å². The standard InChI is InChI=1S/C10H23NO3/c1-4-11-10(5-6-12)8-14-9(2)7-13-3/h9-12H,4-8H2,1-3H3. The Morgan fingerprint density at radius 2 is 2.07 bits per heavy atom. The molecule has 0 fully saturated rings. The molecule has 4 heteroatoms. The monoisotopic (exact) mass is 205 g/mol. The Labute approximate surface area is 86.6 Å². The van der Waals surface area contributed by atoms with Crippen molar-refractivity contribution < 1.29 is 14.6 Å². The summed E-state index contributed by atoms with van der Waals surface area (Å²) in [6.45, 7) is 6.34. The number of hydrogen-bond acceptors (Lipinski definition) is 4. The van der Waals surface area contributed by atoms with Gasteiger partial charge in [-0.3, -0.25) is 0 Å². The van der Waals surface area contributed by atoms with Crippen molar-refractivity contribution in [2.75, 3.05) is 33.5 Å². The summed E-state index contributed by atoms with van der Waals surface area (Å²) in [7, 11) is 1.66. The molecular weight excluding hydrogens is 182 g/mol. The molecule has 0 aliphatic rings. The summed E-state index contributed by atoms with van der Waals surface area (Å²) in [6, 6.07) is 0.240. The Kier molecular flexibility index (Phi) is 9.29. The van der Waals surface area contributed by atoms with E-state index < -0.39 is 0 Å². The molecule has 0 saturated heterocycles. The first-order chi connectivity index (χ1) is 6.74. The van der Waals surface area contributed by atoms with Gasteiger partial charge in [0.25, 0.3) is 0 Å². The minimum Gasteiger partial charge on any atom is -0.396 e. The largest absolute Gasteiger partial charge is 0.396 e. The Hall–Kier alpha value is -0.160. The number of rotatable bonds is 9. The first kappa shape index (κ1) is 13.8. The summed E-state index contributed by atoms with van der Waals surface area (Å²) < 4.78 is 10.5. The van der Waals surface area contributed by atoms with Crippen molar-refractivity contribution in [3.63, 3.8) is 0 Å².